The predicted octanol–water partition coefficient (Wildman–Crippen LogP) is 16.2. The molecule has 0 fully saturated rings. The molecular formula is C56H45NO3. The van der Waals surface area contributed by atoms with E-state index in [0.717, 1.165) is 107 Å². The van der Waals surface area contributed by atoms with Gasteiger partial charge in [0.05, 0.1) is 11.0 Å². The van der Waals surface area contributed by atoms with Crippen molar-refractivity contribution < 1.29 is 13.3 Å². The number of hydrogen-bond acceptors (Lipinski definition) is 3. The van der Waals surface area contributed by atoms with E-state index in [1.54, 1.807) is 0 Å². The predicted molar refractivity (Wildman–Crippen MR) is 251 cm³/mol. The average Bonchev–Trinajstić information content (AvgIpc) is 4.01. The Bertz CT molecular complexity index is 3430. The first-order valence-corrected chi connectivity index (χ1v) is 21.2. The molecule has 0 spiro atoms. The van der Waals surface area contributed by atoms with Crippen molar-refractivity contribution in [3.05, 3.63) is 156 Å². The Morgan fingerprint density at radius 2 is 0.983 bits per heavy atom. The highest BCUT2D eigenvalue weighted by Gasteiger charge is 2.29. The zero-order valence-corrected chi connectivity index (χ0v) is 34.9. The summed E-state index contributed by atoms with van der Waals surface area (Å²) in [5.41, 5.74) is 15.7. The molecule has 0 bridgehead atoms. The maximum atomic E-state index is 6.83. The minimum atomic E-state index is -0.136. The second-order valence-electron chi connectivity index (χ2n) is 18.8. The number of hydrogen-bond donors (Lipinski definition) is 0. The fourth-order valence-electron chi connectivity index (χ4n) is 9.83. The highest BCUT2D eigenvalue weighted by molar-refractivity contribution is 6.21. The molecule has 0 aliphatic heterocycles. The van der Waals surface area contributed by atoms with Gasteiger partial charge < -0.3 is 17.8 Å². The van der Waals surface area contributed by atoms with E-state index >= 15 is 0 Å². The number of fused-ring (bicyclic) bond motifs is 12. The first-order valence-electron chi connectivity index (χ1n) is 21.2. The summed E-state index contributed by atoms with van der Waals surface area (Å²) in [4.78, 5) is 0. The number of furan rings is 3. The van der Waals surface area contributed by atoms with Crippen molar-refractivity contribution in [2.24, 2.45) is 0 Å². The molecule has 0 amide bonds. The molecule has 1 aliphatic rings. The Morgan fingerprint density at radius 1 is 0.450 bits per heavy atom. The molecule has 4 heterocycles. The SMILES string of the molecule is CC(C)(C)c1cc(-c2cccc3c2oc2ccccc23)c2c(c1)c1cc(C(C)(C)C)cc(-c3cccc4c3oc3ccccc34)c1n2-c1ccc2c3c(oc2c1)C=CCC3. The Labute approximate surface area is 348 Å². The van der Waals surface area contributed by atoms with Crippen LogP contribution in [0, 0.1) is 0 Å². The molecule has 1 aliphatic carbocycles. The van der Waals surface area contributed by atoms with Crippen LogP contribution in [-0.2, 0) is 17.3 Å². The fourth-order valence-corrected chi connectivity index (χ4v) is 9.83. The van der Waals surface area contributed by atoms with E-state index in [1.165, 1.54) is 32.8 Å². The van der Waals surface area contributed by atoms with Crippen molar-refractivity contribution in [3.8, 4) is 27.9 Å². The van der Waals surface area contributed by atoms with Crippen LogP contribution in [-0.4, -0.2) is 4.57 Å². The lowest BCUT2D eigenvalue weighted by molar-refractivity contribution is 0.590. The molecule has 4 heteroatoms. The van der Waals surface area contributed by atoms with Gasteiger partial charge in [0.15, 0.2) is 0 Å². The van der Waals surface area contributed by atoms with E-state index in [4.69, 9.17) is 13.3 Å². The Balaban J connectivity index is 1.30. The molecule has 4 nitrogen and oxygen atoms in total. The van der Waals surface area contributed by atoms with Crippen LogP contribution in [0.1, 0.15) is 70.4 Å². The normalized spacial score (nSPS) is 13.6. The summed E-state index contributed by atoms with van der Waals surface area (Å²) in [5.74, 6) is 0.967. The monoisotopic (exact) mass is 779 g/mol. The summed E-state index contributed by atoms with van der Waals surface area (Å²) in [7, 11) is 0. The lowest BCUT2D eigenvalue weighted by atomic mass is 9.82. The molecule has 7 aromatic carbocycles. The van der Waals surface area contributed by atoms with Gasteiger partial charge in [-0.15, -0.1) is 0 Å². The zero-order chi connectivity index (χ0) is 40.7. The molecule has 60 heavy (non-hydrogen) atoms. The number of aromatic nitrogens is 1. The first-order chi connectivity index (χ1) is 29.0. The van der Waals surface area contributed by atoms with Crippen molar-refractivity contribution in [1.82, 2.24) is 4.57 Å². The summed E-state index contributed by atoms with van der Waals surface area (Å²) >= 11 is 0. The summed E-state index contributed by atoms with van der Waals surface area (Å²) in [6, 6.07) is 46.5. The van der Waals surface area contributed by atoms with Crippen molar-refractivity contribution in [1.29, 1.82) is 0 Å². The van der Waals surface area contributed by atoms with Gasteiger partial charge in [-0.3, -0.25) is 0 Å². The van der Waals surface area contributed by atoms with Crippen LogP contribution < -0.4 is 0 Å². The van der Waals surface area contributed by atoms with Crippen molar-refractivity contribution in [2.45, 2.75) is 65.2 Å². The first kappa shape index (κ1) is 35.2. The number of nitrogens with zero attached hydrogens (tertiary/aromatic N) is 1. The van der Waals surface area contributed by atoms with Crippen LogP contribution in [0.5, 0.6) is 0 Å². The minimum Gasteiger partial charge on any atom is -0.456 e. The maximum Gasteiger partial charge on any atom is 0.143 e. The molecule has 0 radical (unpaired) electrons. The lowest BCUT2D eigenvalue weighted by Crippen LogP contribution is -2.11. The standard InChI is InChI=1S/C56H45NO3/c1-55(2,3)32-27-43(41-20-13-18-39-36-16-8-11-23-48(36)59-53(39)41)51-45(29-32)46-30-33(56(4,5)6)28-44(42-21-14-19-40-37-17-9-12-24-49(37)60-54(40)42)52(46)57(51)34-25-26-38-35-15-7-10-22-47(35)58-50(38)31-34/h8-14,16-31H,7,15H2,1-6H3. The highest BCUT2D eigenvalue weighted by atomic mass is 16.3. The lowest BCUT2D eigenvalue weighted by Gasteiger charge is -2.22. The van der Waals surface area contributed by atoms with Crippen LogP contribution in [0.25, 0.3) is 111 Å². The molecule has 0 atom stereocenters. The van der Waals surface area contributed by atoms with Gasteiger partial charge in [0.25, 0.3) is 0 Å². The van der Waals surface area contributed by atoms with Crippen LogP contribution in [0.2, 0.25) is 0 Å². The molecule has 0 saturated heterocycles. The van der Waals surface area contributed by atoms with Crippen LogP contribution in [0.4, 0.5) is 0 Å². The Kier molecular flexibility index (Phi) is 7.26. The Hall–Kier alpha value is -6.78. The third kappa shape index (κ3) is 5.10. The van der Waals surface area contributed by atoms with E-state index in [-0.39, 0.29) is 10.8 Å². The molecule has 11 aromatic rings. The van der Waals surface area contributed by atoms with Gasteiger partial charge in [-0.1, -0.05) is 120 Å². The number of para-hydroxylation sites is 4. The largest absolute Gasteiger partial charge is 0.456 e. The number of aryl methyl sites for hydroxylation is 1. The van der Waals surface area contributed by atoms with Gasteiger partial charge in [0.1, 0.15) is 33.7 Å². The summed E-state index contributed by atoms with van der Waals surface area (Å²) in [5, 5.41) is 8.05. The van der Waals surface area contributed by atoms with Gasteiger partial charge in [-0.25, -0.2) is 0 Å². The summed E-state index contributed by atoms with van der Waals surface area (Å²) < 4.78 is 22.8. The van der Waals surface area contributed by atoms with E-state index in [9.17, 15) is 0 Å². The summed E-state index contributed by atoms with van der Waals surface area (Å²) in [6.07, 6.45) is 6.36. The van der Waals surface area contributed by atoms with E-state index in [1.807, 2.05) is 0 Å². The van der Waals surface area contributed by atoms with E-state index < -0.39 is 0 Å². The summed E-state index contributed by atoms with van der Waals surface area (Å²) in [6.45, 7) is 13.9. The highest BCUT2D eigenvalue weighted by Crippen LogP contribution is 2.49. The average molecular weight is 780 g/mol. The third-order valence-electron chi connectivity index (χ3n) is 13.0. The Morgan fingerprint density at radius 3 is 1.53 bits per heavy atom. The van der Waals surface area contributed by atoms with Crippen molar-refractivity contribution >= 4 is 82.7 Å². The smallest absolute Gasteiger partial charge is 0.143 e. The zero-order valence-electron chi connectivity index (χ0n) is 34.9. The molecular weight excluding hydrogens is 735 g/mol. The van der Waals surface area contributed by atoms with Gasteiger partial charge in [-0.05, 0) is 89.4 Å². The second kappa shape index (κ2) is 12.4. The molecule has 12 rings (SSSR count). The van der Waals surface area contributed by atoms with Crippen molar-refractivity contribution in [3.63, 3.8) is 0 Å². The van der Waals surface area contributed by atoms with Gasteiger partial charge in [0.2, 0.25) is 0 Å². The molecule has 292 valence electrons. The number of rotatable bonds is 3. The van der Waals surface area contributed by atoms with Gasteiger partial charge >= 0.3 is 0 Å². The number of benzene rings is 7. The van der Waals surface area contributed by atoms with Crippen LogP contribution >= 0.6 is 0 Å². The van der Waals surface area contributed by atoms with Crippen LogP contribution in [0.3, 0.4) is 0 Å². The van der Waals surface area contributed by atoms with Gasteiger partial charge in [-0.2, -0.15) is 0 Å². The van der Waals surface area contributed by atoms with Gasteiger partial charge in [0, 0.05) is 77.3 Å². The van der Waals surface area contributed by atoms with E-state index in [2.05, 4.69) is 186 Å². The fraction of sp³-hybridized carbons (Fsp3) is 0.179. The molecule has 4 aromatic heterocycles. The molecule has 0 unspecified atom stereocenters. The second-order valence-corrected chi connectivity index (χ2v) is 18.8. The molecule has 0 saturated carbocycles. The number of allylic oxidation sites excluding steroid dienone is 1. The topological polar surface area (TPSA) is 44.4 Å². The minimum absolute atomic E-state index is 0.136. The quantitative estimate of drug-likeness (QED) is 0.179. The maximum absolute atomic E-state index is 6.83. The van der Waals surface area contributed by atoms with Crippen LogP contribution in [0.15, 0.2) is 147 Å². The van der Waals surface area contributed by atoms with Crippen molar-refractivity contribution in [2.75, 3.05) is 0 Å². The van der Waals surface area contributed by atoms with E-state index in [0.29, 0.717) is 0 Å². The third-order valence-corrected chi connectivity index (χ3v) is 13.0. The molecule has 0 N–H and O–H groups in total.